The van der Waals surface area contributed by atoms with E-state index in [2.05, 4.69) is 29.2 Å². The lowest BCUT2D eigenvalue weighted by atomic mass is 10.00. The predicted molar refractivity (Wildman–Crippen MR) is 80.3 cm³/mol. The minimum atomic E-state index is -0.179. The van der Waals surface area contributed by atoms with Gasteiger partial charge in [-0.25, -0.2) is 0 Å². The van der Waals surface area contributed by atoms with Crippen molar-refractivity contribution in [2.24, 2.45) is 5.73 Å². The van der Waals surface area contributed by atoms with Gasteiger partial charge in [-0.05, 0) is 36.9 Å². The summed E-state index contributed by atoms with van der Waals surface area (Å²) in [6, 6.07) is 8.71. The van der Waals surface area contributed by atoms with Crippen LogP contribution in [0.15, 0.2) is 24.3 Å². The Morgan fingerprint density at radius 2 is 1.89 bits per heavy atom. The lowest BCUT2D eigenvalue weighted by molar-refractivity contribution is -0.118. The molecule has 1 aromatic carbocycles. The number of amides is 1. The number of unbranched alkanes of at least 4 members (excludes halogenated alkanes) is 2. The number of carbonyl (C=O) groups excluding carboxylic acids is 1. The first kappa shape index (κ1) is 16.0. The molecule has 1 aliphatic heterocycles. The Balaban J connectivity index is 0.00000180. The van der Waals surface area contributed by atoms with Gasteiger partial charge in [0.2, 0.25) is 5.91 Å². The third-order valence-electron chi connectivity index (χ3n) is 3.61. The van der Waals surface area contributed by atoms with Crippen LogP contribution in [0.2, 0.25) is 0 Å². The zero-order chi connectivity index (χ0) is 12.8. The quantitative estimate of drug-likeness (QED) is 0.815. The first-order chi connectivity index (χ1) is 8.75. The highest BCUT2D eigenvalue weighted by molar-refractivity contribution is 5.85. The number of benzene rings is 1. The van der Waals surface area contributed by atoms with Gasteiger partial charge in [-0.1, -0.05) is 30.7 Å². The van der Waals surface area contributed by atoms with Crippen LogP contribution in [0, 0.1) is 0 Å². The molecule has 0 fully saturated rings. The third-order valence-corrected chi connectivity index (χ3v) is 3.61. The summed E-state index contributed by atoms with van der Waals surface area (Å²) in [6.45, 7) is 3.37. The summed E-state index contributed by atoms with van der Waals surface area (Å²) < 4.78 is 0. The zero-order valence-corrected chi connectivity index (χ0v) is 12.1. The second-order valence-electron chi connectivity index (χ2n) is 5.07. The van der Waals surface area contributed by atoms with Crippen LogP contribution in [-0.2, 0) is 17.8 Å². The zero-order valence-electron chi connectivity index (χ0n) is 11.3. The number of hydrogen-bond acceptors (Lipinski definition) is 2. The molecule has 1 aromatic rings. The summed E-state index contributed by atoms with van der Waals surface area (Å²) in [4.78, 5) is 13.1. The van der Waals surface area contributed by atoms with E-state index >= 15 is 0 Å². The number of rotatable bonds is 6. The summed E-state index contributed by atoms with van der Waals surface area (Å²) in [6.07, 6.45) is 4.89. The lowest BCUT2D eigenvalue weighted by Gasteiger charge is -2.28. The minimum Gasteiger partial charge on any atom is -0.370 e. The van der Waals surface area contributed by atoms with Crippen LogP contribution >= 0.6 is 12.4 Å². The summed E-state index contributed by atoms with van der Waals surface area (Å²) in [5, 5.41) is 0. The van der Waals surface area contributed by atoms with Gasteiger partial charge in [-0.3, -0.25) is 9.69 Å². The van der Waals surface area contributed by atoms with E-state index < -0.39 is 0 Å². The van der Waals surface area contributed by atoms with Gasteiger partial charge in [-0.15, -0.1) is 12.4 Å². The normalized spacial score (nSPS) is 14.5. The van der Waals surface area contributed by atoms with Crippen LogP contribution in [-0.4, -0.2) is 23.9 Å². The molecule has 1 heterocycles. The minimum absolute atomic E-state index is 0. The van der Waals surface area contributed by atoms with Crippen molar-refractivity contribution in [2.75, 3.05) is 13.1 Å². The monoisotopic (exact) mass is 282 g/mol. The van der Waals surface area contributed by atoms with Crippen LogP contribution < -0.4 is 5.73 Å². The maximum Gasteiger partial charge on any atom is 0.217 e. The molecule has 1 aliphatic rings. The fraction of sp³-hybridized carbons (Fsp3) is 0.533. The lowest BCUT2D eigenvalue weighted by Crippen LogP contribution is -2.31. The van der Waals surface area contributed by atoms with Crippen molar-refractivity contribution in [1.29, 1.82) is 0 Å². The van der Waals surface area contributed by atoms with Crippen LogP contribution in [0.4, 0.5) is 0 Å². The van der Waals surface area contributed by atoms with E-state index in [9.17, 15) is 4.79 Å². The second kappa shape index (κ2) is 8.18. The molecule has 19 heavy (non-hydrogen) atoms. The number of hydrogen-bond donors (Lipinski definition) is 1. The van der Waals surface area contributed by atoms with Gasteiger partial charge in [0, 0.05) is 19.5 Å². The number of fused-ring (bicyclic) bond motifs is 1. The van der Waals surface area contributed by atoms with Gasteiger partial charge in [0.05, 0.1) is 0 Å². The van der Waals surface area contributed by atoms with Crippen molar-refractivity contribution >= 4 is 18.3 Å². The van der Waals surface area contributed by atoms with Crippen molar-refractivity contribution < 1.29 is 4.79 Å². The van der Waals surface area contributed by atoms with E-state index in [0.717, 1.165) is 45.3 Å². The first-order valence-electron chi connectivity index (χ1n) is 6.83. The van der Waals surface area contributed by atoms with Crippen molar-refractivity contribution in [3.8, 4) is 0 Å². The van der Waals surface area contributed by atoms with Gasteiger partial charge < -0.3 is 5.73 Å². The molecule has 1 amide bonds. The standard InChI is InChI=1S/C15H22N2O.ClH/c16-15(18)8-2-1-5-10-17-11-9-13-6-3-4-7-14(13)12-17;/h3-4,6-7H,1-2,5,8-12H2,(H2,16,18);1H. The average Bonchev–Trinajstić information content (AvgIpc) is 2.38. The smallest absolute Gasteiger partial charge is 0.217 e. The molecule has 0 radical (unpaired) electrons. The fourth-order valence-corrected chi connectivity index (χ4v) is 2.56. The topological polar surface area (TPSA) is 46.3 Å². The van der Waals surface area contributed by atoms with E-state index in [1.807, 2.05) is 0 Å². The maximum absolute atomic E-state index is 10.6. The molecule has 2 N–H and O–H groups in total. The molecule has 0 aromatic heterocycles. The van der Waals surface area contributed by atoms with E-state index in [-0.39, 0.29) is 18.3 Å². The molecular formula is C15H23ClN2O. The van der Waals surface area contributed by atoms with Crippen LogP contribution in [0.1, 0.15) is 36.8 Å². The van der Waals surface area contributed by atoms with Crippen LogP contribution in [0.3, 0.4) is 0 Å². The van der Waals surface area contributed by atoms with Crippen LogP contribution in [0.25, 0.3) is 0 Å². The summed E-state index contributed by atoms with van der Waals surface area (Å²) in [5.74, 6) is -0.179. The van der Waals surface area contributed by atoms with Crippen molar-refractivity contribution in [2.45, 2.75) is 38.6 Å². The molecule has 0 aliphatic carbocycles. The molecular weight excluding hydrogens is 260 g/mol. The highest BCUT2D eigenvalue weighted by Crippen LogP contribution is 2.18. The first-order valence-corrected chi connectivity index (χ1v) is 6.83. The van der Waals surface area contributed by atoms with Gasteiger partial charge in [-0.2, -0.15) is 0 Å². The van der Waals surface area contributed by atoms with Crippen LogP contribution in [0.5, 0.6) is 0 Å². The fourth-order valence-electron chi connectivity index (χ4n) is 2.56. The molecule has 0 bridgehead atoms. The van der Waals surface area contributed by atoms with E-state index in [1.165, 1.54) is 11.1 Å². The third kappa shape index (κ3) is 5.21. The van der Waals surface area contributed by atoms with Crippen molar-refractivity contribution in [3.63, 3.8) is 0 Å². The van der Waals surface area contributed by atoms with E-state index in [0.29, 0.717) is 6.42 Å². The van der Waals surface area contributed by atoms with Gasteiger partial charge in [0.15, 0.2) is 0 Å². The molecule has 3 nitrogen and oxygen atoms in total. The van der Waals surface area contributed by atoms with E-state index in [4.69, 9.17) is 5.73 Å². The van der Waals surface area contributed by atoms with Crippen molar-refractivity contribution in [3.05, 3.63) is 35.4 Å². The Bertz CT molecular complexity index is 409. The van der Waals surface area contributed by atoms with Gasteiger partial charge in [0.1, 0.15) is 0 Å². The number of nitrogens with two attached hydrogens (primary N) is 1. The number of halogens is 1. The molecule has 0 unspecified atom stereocenters. The number of nitrogens with zero attached hydrogens (tertiary/aromatic N) is 1. The molecule has 0 spiro atoms. The second-order valence-corrected chi connectivity index (χ2v) is 5.07. The molecule has 0 saturated carbocycles. The molecule has 4 heteroatoms. The largest absolute Gasteiger partial charge is 0.370 e. The Hall–Kier alpha value is -1.06. The average molecular weight is 283 g/mol. The molecule has 2 rings (SSSR count). The SMILES string of the molecule is Cl.NC(=O)CCCCCN1CCc2ccccc2C1. The summed E-state index contributed by atoms with van der Waals surface area (Å²) in [7, 11) is 0. The predicted octanol–water partition coefficient (Wildman–Crippen LogP) is 2.51. The summed E-state index contributed by atoms with van der Waals surface area (Å²) >= 11 is 0. The van der Waals surface area contributed by atoms with Crippen molar-refractivity contribution in [1.82, 2.24) is 4.90 Å². The Morgan fingerprint density at radius 3 is 2.63 bits per heavy atom. The van der Waals surface area contributed by atoms with Gasteiger partial charge in [0.25, 0.3) is 0 Å². The van der Waals surface area contributed by atoms with Gasteiger partial charge >= 0.3 is 0 Å². The Labute approximate surface area is 121 Å². The summed E-state index contributed by atoms with van der Waals surface area (Å²) in [5.41, 5.74) is 8.10. The number of carbonyl (C=O) groups is 1. The highest BCUT2D eigenvalue weighted by Gasteiger charge is 2.14. The molecule has 106 valence electrons. The highest BCUT2D eigenvalue weighted by atomic mass is 35.5. The maximum atomic E-state index is 10.6. The van der Waals surface area contributed by atoms with E-state index in [1.54, 1.807) is 0 Å². The molecule has 0 saturated heterocycles. The molecule has 0 atom stereocenters. The Morgan fingerprint density at radius 1 is 1.16 bits per heavy atom. The Kier molecular flexibility index (Phi) is 6.89. The number of primary amides is 1.